The van der Waals surface area contributed by atoms with Gasteiger partial charge in [-0.15, -0.1) is 0 Å². The van der Waals surface area contributed by atoms with Crippen LogP contribution >= 0.6 is 0 Å². The molecule has 0 heterocycles. The summed E-state index contributed by atoms with van der Waals surface area (Å²) in [6, 6.07) is 9.76. The summed E-state index contributed by atoms with van der Waals surface area (Å²) in [4.78, 5) is 11.8. The van der Waals surface area contributed by atoms with Crippen LogP contribution in [0.2, 0.25) is 0 Å². The number of carbonyl (C=O) groups is 1. The maximum atomic E-state index is 11.8. The lowest BCUT2D eigenvalue weighted by Gasteiger charge is -2.25. The molecule has 3 heteroatoms. The van der Waals surface area contributed by atoms with Gasteiger partial charge in [-0.25, -0.2) is 0 Å². The Morgan fingerprint density at radius 3 is 1.21 bits per heavy atom. The van der Waals surface area contributed by atoms with E-state index in [0.29, 0.717) is 12.8 Å². The van der Waals surface area contributed by atoms with Crippen LogP contribution in [0.25, 0.3) is 0 Å². The number of benzene rings is 1. The van der Waals surface area contributed by atoms with Crippen LogP contribution in [0.4, 0.5) is 0 Å². The molecule has 0 unspecified atom stereocenters. The van der Waals surface area contributed by atoms with Crippen LogP contribution in [0.15, 0.2) is 30.3 Å². The predicted octanol–water partition coefficient (Wildman–Crippen LogP) is 10.8. The number of unbranched alkanes of at least 4 members (excludes halogenated alkanes) is 23. The molecule has 1 aromatic carbocycles. The molecular formula is C35H63NO2. The summed E-state index contributed by atoms with van der Waals surface area (Å²) in [5.74, 6) is -0.879. The van der Waals surface area contributed by atoms with Crippen molar-refractivity contribution in [2.45, 2.75) is 179 Å². The highest BCUT2D eigenvalue weighted by Gasteiger charge is 2.33. The fourth-order valence-corrected chi connectivity index (χ4v) is 5.63. The number of carboxylic acid groups (broad SMARTS) is 1. The van der Waals surface area contributed by atoms with Crippen LogP contribution in [-0.2, 0) is 11.2 Å². The van der Waals surface area contributed by atoms with Crippen LogP contribution in [-0.4, -0.2) is 16.6 Å². The molecule has 0 spiro atoms. The normalized spacial score (nSPS) is 13.0. The molecule has 0 saturated carbocycles. The molecule has 0 amide bonds. The highest BCUT2D eigenvalue weighted by atomic mass is 16.4. The summed E-state index contributed by atoms with van der Waals surface area (Å²) in [6.45, 7) is 2.29. The fourth-order valence-electron chi connectivity index (χ4n) is 5.63. The van der Waals surface area contributed by atoms with Crippen molar-refractivity contribution in [2.24, 2.45) is 5.73 Å². The summed E-state index contributed by atoms with van der Waals surface area (Å²) in [6.07, 6.45) is 33.9. The van der Waals surface area contributed by atoms with Crippen LogP contribution in [0.1, 0.15) is 173 Å². The summed E-state index contributed by atoms with van der Waals surface area (Å²) in [5, 5.41) is 9.65. The van der Waals surface area contributed by atoms with E-state index in [9.17, 15) is 9.90 Å². The van der Waals surface area contributed by atoms with Gasteiger partial charge in [-0.1, -0.05) is 191 Å². The van der Waals surface area contributed by atoms with Crippen molar-refractivity contribution in [1.82, 2.24) is 0 Å². The van der Waals surface area contributed by atoms with E-state index in [1.54, 1.807) is 0 Å². The van der Waals surface area contributed by atoms with E-state index in [1.165, 1.54) is 141 Å². The van der Waals surface area contributed by atoms with Crippen LogP contribution in [0, 0.1) is 0 Å². The second-order valence-electron chi connectivity index (χ2n) is 12.0. The summed E-state index contributed by atoms with van der Waals surface area (Å²) in [7, 11) is 0. The largest absolute Gasteiger partial charge is 0.480 e. The Bertz CT molecular complexity index is 647. The van der Waals surface area contributed by atoms with Crippen LogP contribution in [0.5, 0.6) is 0 Å². The molecule has 1 rings (SSSR count). The van der Waals surface area contributed by atoms with Gasteiger partial charge in [0.15, 0.2) is 0 Å². The lowest BCUT2D eigenvalue weighted by Crippen LogP contribution is -2.49. The standard InChI is InChI=1S/C35H63NO2/c1-2-3-4-5-6-7-8-9-10-11-12-13-14-15-16-17-18-19-20-21-22-23-24-28-31-35(36,34(37)38)32-33-29-26-25-27-30-33/h25-27,29-30H,2-24,28,31-32,36H2,1H3,(H,37,38)/t35-/m0/s1. The Morgan fingerprint density at radius 1 is 0.579 bits per heavy atom. The first-order valence-corrected chi connectivity index (χ1v) is 16.6. The zero-order valence-electron chi connectivity index (χ0n) is 25.2. The lowest BCUT2D eigenvalue weighted by molar-refractivity contribution is -0.143. The number of hydrogen-bond donors (Lipinski definition) is 2. The fraction of sp³-hybridized carbons (Fsp3) is 0.800. The number of rotatable bonds is 28. The second kappa shape index (κ2) is 24.7. The molecule has 3 nitrogen and oxygen atoms in total. The summed E-state index contributed by atoms with van der Waals surface area (Å²) >= 11 is 0. The predicted molar refractivity (Wildman–Crippen MR) is 166 cm³/mol. The Hall–Kier alpha value is -1.35. The number of aliphatic carboxylic acids is 1. The zero-order chi connectivity index (χ0) is 27.6. The zero-order valence-corrected chi connectivity index (χ0v) is 25.2. The topological polar surface area (TPSA) is 63.3 Å². The van der Waals surface area contributed by atoms with E-state index in [0.717, 1.165) is 18.4 Å². The first-order valence-electron chi connectivity index (χ1n) is 16.6. The molecule has 0 fully saturated rings. The van der Waals surface area contributed by atoms with Gasteiger partial charge in [0.1, 0.15) is 5.54 Å². The van der Waals surface area contributed by atoms with Crippen LogP contribution < -0.4 is 5.73 Å². The average Bonchev–Trinajstić information content (AvgIpc) is 2.91. The van der Waals surface area contributed by atoms with Crippen molar-refractivity contribution in [3.05, 3.63) is 35.9 Å². The first-order chi connectivity index (χ1) is 18.6. The van der Waals surface area contributed by atoms with Gasteiger partial charge >= 0.3 is 5.97 Å². The van der Waals surface area contributed by atoms with Gasteiger partial charge in [-0.3, -0.25) is 4.79 Å². The molecule has 38 heavy (non-hydrogen) atoms. The molecule has 0 aromatic heterocycles. The molecule has 3 N–H and O–H groups in total. The first kappa shape index (κ1) is 34.7. The van der Waals surface area contributed by atoms with Gasteiger partial charge in [-0.2, -0.15) is 0 Å². The van der Waals surface area contributed by atoms with E-state index in [4.69, 9.17) is 5.73 Å². The van der Waals surface area contributed by atoms with Crippen molar-refractivity contribution in [1.29, 1.82) is 0 Å². The van der Waals surface area contributed by atoms with Gasteiger partial charge in [0.25, 0.3) is 0 Å². The van der Waals surface area contributed by atoms with E-state index < -0.39 is 11.5 Å². The smallest absolute Gasteiger partial charge is 0.324 e. The molecule has 1 atom stereocenters. The van der Waals surface area contributed by atoms with Crippen molar-refractivity contribution in [3.63, 3.8) is 0 Å². The number of hydrogen-bond acceptors (Lipinski definition) is 2. The average molecular weight is 530 g/mol. The Morgan fingerprint density at radius 2 is 0.895 bits per heavy atom. The number of nitrogens with two attached hydrogens (primary N) is 1. The van der Waals surface area contributed by atoms with Gasteiger partial charge < -0.3 is 10.8 Å². The monoisotopic (exact) mass is 529 g/mol. The van der Waals surface area contributed by atoms with Gasteiger partial charge in [0.2, 0.25) is 0 Å². The SMILES string of the molecule is CCCCCCCCCCCCCCCCCCCCCCCCCC[C@](N)(Cc1ccccc1)C(=O)O. The van der Waals surface area contributed by atoms with Gasteiger partial charge in [-0.05, 0) is 12.0 Å². The minimum absolute atomic E-state index is 0.405. The molecule has 0 aliphatic heterocycles. The molecule has 1 aromatic rings. The quantitative estimate of drug-likeness (QED) is 0.106. The second-order valence-corrected chi connectivity index (χ2v) is 12.0. The van der Waals surface area contributed by atoms with Crippen molar-refractivity contribution in [3.8, 4) is 0 Å². The number of carboxylic acids is 1. The van der Waals surface area contributed by atoms with E-state index in [-0.39, 0.29) is 0 Å². The van der Waals surface area contributed by atoms with Gasteiger partial charge in [0, 0.05) is 6.42 Å². The molecular weight excluding hydrogens is 466 g/mol. The van der Waals surface area contributed by atoms with E-state index >= 15 is 0 Å². The van der Waals surface area contributed by atoms with Crippen molar-refractivity contribution in [2.75, 3.05) is 0 Å². The Balaban J connectivity index is 1.81. The molecule has 0 aliphatic carbocycles. The minimum atomic E-state index is -1.14. The maximum absolute atomic E-state index is 11.8. The highest BCUT2D eigenvalue weighted by Crippen LogP contribution is 2.20. The molecule has 220 valence electrons. The van der Waals surface area contributed by atoms with E-state index in [1.807, 2.05) is 30.3 Å². The third kappa shape index (κ3) is 19.7. The van der Waals surface area contributed by atoms with Crippen molar-refractivity contribution >= 4 is 5.97 Å². The lowest BCUT2D eigenvalue weighted by atomic mass is 9.86. The molecule has 0 aliphatic rings. The Labute approximate surface area is 236 Å². The van der Waals surface area contributed by atoms with E-state index in [2.05, 4.69) is 6.92 Å². The van der Waals surface area contributed by atoms with Gasteiger partial charge in [0.05, 0.1) is 0 Å². The highest BCUT2D eigenvalue weighted by molar-refractivity contribution is 5.78. The Kier molecular flexibility index (Phi) is 22.5. The summed E-state index contributed by atoms with van der Waals surface area (Å²) in [5.41, 5.74) is 6.13. The maximum Gasteiger partial charge on any atom is 0.324 e. The minimum Gasteiger partial charge on any atom is -0.480 e. The van der Waals surface area contributed by atoms with Crippen LogP contribution in [0.3, 0.4) is 0 Å². The van der Waals surface area contributed by atoms with Crippen molar-refractivity contribution < 1.29 is 9.90 Å². The third-order valence-corrected chi connectivity index (χ3v) is 8.26. The third-order valence-electron chi connectivity index (χ3n) is 8.26. The molecule has 0 bridgehead atoms. The molecule has 0 radical (unpaired) electrons. The summed E-state index contributed by atoms with van der Waals surface area (Å²) < 4.78 is 0. The molecule has 0 saturated heterocycles.